The Balaban J connectivity index is 0.00000225. The third-order valence-corrected chi connectivity index (χ3v) is 4.28. The van der Waals surface area contributed by atoms with Crippen molar-refractivity contribution in [1.29, 1.82) is 0 Å². The van der Waals surface area contributed by atoms with Crippen LogP contribution in [0.25, 0.3) is 0 Å². The lowest BCUT2D eigenvalue weighted by atomic mass is 9.92. The SMILES string of the molecule is C[C@H]1C[C@@H](C(=O)Nc2cccc(COCc3ccco3)c2)CCN1.Cl. The van der Waals surface area contributed by atoms with Gasteiger partial charge in [-0.1, -0.05) is 12.1 Å². The first-order chi connectivity index (χ1) is 11.7. The number of carbonyl (C=O) groups excluding carboxylic acids is 1. The molecule has 1 aromatic carbocycles. The third-order valence-electron chi connectivity index (χ3n) is 4.28. The summed E-state index contributed by atoms with van der Waals surface area (Å²) in [7, 11) is 0. The number of furan rings is 1. The molecule has 1 amide bonds. The van der Waals surface area contributed by atoms with Crippen LogP contribution in [0.15, 0.2) is 47.1 Å². The number of nitrogens with one attached hydrogen (secondary N) is 2. The van der Waals surface area contributed by atoms with Crippen molar-refractivity contribution in [2.24, 2.45) is 5.92 Å². The van der Waals surface area contributed by atoms with Crippen LogP contribution < -0.4 is 10.6 Å². The van der Waals surface area contributed by atoms with Crippen molar-refractivity contribution in [3.8, 4) is 0 Å². The fourth-order valence-corrected chi connectivity index (χ4v) is 3.02. The molecule has 0 bridgehead atoms. The van der Waals surface area contributed by atoms with Gasteiger partial charge in [-0.05, 0) is 56.1 Å². The molecule has 0 spiro atoms. The van der Waals surface area contributed by atoms with E-state index in [1.54, 1.807) is 6.26 Å². The number of hydrogen-bond donors (Lipinski definition) is 2. The van der Waals surface area contributed by atoms with Gasteiger partial charge in [0.25, 0.3) is 0 Å². The Morgan fingerprint density at radius 2 is 2.20 bits per heavy atom. The summed E-state index contributed by atoms with van der Waals surface area (Å²) < 4.78 is 10.9. The highest BCUT2D eigenvalue weighted by molar-refractivity contribution is 5.92. The molecule has 0 radical (unpaired) electrons. The summed E-state index contributed by atoms with van der Waals surface area (Å²) in [5.41, 5.74) is 1.85. The molecular formula is C19H25ClN2O3. The molecule has 25 heavy (non-hydrogen) atoms. The molecule has 0 unspecified atom stereocenters. The van der Waals surface area contributed by atoms with E-state index in [9.17, 15) is 4.79 Å². The van der Waals surface area contributed by atoms with Crippen molar-refractivity contribution >= 4 is 24.0 Å². The predicted octanol–water partition coefficient (Wildman–Crippen LogP) is 3.74. The monoisotopic (exact) mass is 364 g/mol. The number of hydrogen-bond acceptors (Lipinski definition) is 4. The lowest BCUT2D eigenvalue weighted by Crippen LogP contribution is -2.40. The predicted molar refractivity (Wildman–Crippen MR) is 99.7 cm³/mol. The number of anilines is 1. The largest absolute Gasteiger partial charge is 0.467 e. The van der Waals surface area contributed by atoms with E-state index in [1.165, 1.54) is 0 Å². The number of amides is 1. The first kappa shape index (κ1) is 19.5. The Morgan fingerprint density at radius 3 is 2.96 bits per heavy atom. The molecule has 5 nitrogen and oxygen atoms in total. The zero-order valence-electron chi connectivity index (χ0n) is 14.4. The number of rotatable bonds is 6. The van der Waals surface area contributed by atoms with Crippen LogP contribution in [0.3, 0.4) is 0 Å². The van der Waals surface area contributed by atoms with E-state index in [0.717, 1.165) is 36.4 Å². The summed E-state index contributed by atoms with van der Waals surface area (Å²) in [6.45, 7) is 3.95. The molecule has 3 rings (SSSR count). The van der Waals surface area contributed by atoms with Crippen molar-refractivity contribution in [1.82, 2.24) is 5.32 Å². The number of piperidine rings is 1. The highest BCUT2D eigenvalue weighted by Crippen LogP contribution is 2.19. The van der Waals surface area contributed by atoms with Crippen molar-refractivity contribution in [3.05, 3.63) is 54.0 Å². The molecule has 2 N–H and O–H groups in total. The smallest absolute Gasteiger partial charge is 0.227 e. The molecule has 0 aliphatic carbocycles. The highest BCUT2D eigenvalue weighted by Gasteiger charge is 2.24. The maximum Gasteiger partial charge on any atom is 0.227 e. The van der Waals surface area contributed by atoms with Crippen LogP contribution in [-0.4, -0.2) is 18.5 Å². The normalized spacial score (nSPS) is 19.9. The minimum Gasteiger partial charge on any atom is -0.467 e. The Kier molecular flexibility index (Phi) is 7.50. The second-order valence-electron chi connectivity index (χ2n) is 6.34. The zero-order chi connectivity index (χ0) is 16.8. The number of carbonyl (C=O) groups is 1. The molecule has 1 aliphatic rings. The van der Waals surface area contributed by atoms with Gasteiger partial charge in [-0.3, -0.25) is 4.79 Å². The van der Waals surface area contributed by atoms with Gasteiger partial charge in [0.15, 0.2) is 0 Å². The lowest BCUT2D eigenvalue weighted by Gasteiger charge is -2.27. The second kappa shape index (κ2) is 9.61. The van der Waals surface area contributed by atoms with Crippen molar-refractivity contribution in [3.63, 3.8) is 0 Å². The number of benzene rings is 1. The van der Waals surface area contributed by atoms with Crippen molar-refractivity contribution < 1.29 is 13.9 Å². The topological polar surface area (TPSA) is 63.5 Å². The van der Waals surface area contributed by atoms with Crippen LogP contribution in [0.5, 0.6) is 0 Å². The molecule has 1 aromatic heterocycles. The van der Waals surface area contributed by atoms with Gasteiger partial charge in [-0.25, -0.2) is 0 Å². The maximum absolute atomic E-state index is 12.4. The molecule has 2 aromatic rings. The maximum atomic E-state index is 12.4. The van der Waals surface area contributed by atoms with Crippen LogP contribution in [0.4, 0.5) is 5.69 Å². The second-order valence-corrected chi connectivity index (χ2v) is 6.34. The Hall–Kier alpha value is -1.82. The van der Waals surface area contributed by atoms with E-state index in [-0.39, 0.29) is 24.2 Å². The Morgan fingerprint density at radius 1 is 1.32 bits per heavy atom. The van der Waals surface area contributed by atoms with Gasteiger partial charge in [-0.2, -0.15) is 0 Å². The molecule has 1 saturated heterocycles. The van der Waals surface area contributed by atoms with E-state index in [4.69, 9.17) is 9.15 Å². The fraction of sp³-hybridized carbons (Fsp3) is 0.421. The van der Waals surface area contributed by atoms with Crippen LogP contribution in [0.1, 0.15) is 31.1 Å². The summed E-state index contributed by atoms with van der Waals surface area (Å²) >= 11 is 0. The average molecular weight is 365 g/mol. The van der Waals surface area contributed by atoms with Crippen LogP contribution in [0, 0.1) is 5.92 Å². The van der Waals surface area contributed by atoms with Crippen molar-refractivity contribution in [2.45, 2.75) is 39.0 Å². The average Bonchev–Trinajstić information content (AvgIpc) is 3.09. The van der Waals surface area contributed by atoms with E-state index in [2.05, 4.69) is 17.6 Å². The summed E-state index contributed by atoms with van der Waals surface area (Å²) in [4.78, 5) is 12.4. The molecule has 1 aliphatic heterocycles. The fourth-order valence-electron chi connectivity index (χ4n) is 3.02. The standard InChI is InChI=1S/C19H24N2O3.ClH/c1-14-10-16(7-8-20-14)19(22)21-17-5-2-4-15(11-17)12-23-13-18-6-3-9-24-18;/h2-6,9,11,14,16,20H,7-8,10,12-13H2,1H3,(H,21,22);1H/t14-,16-;/m0./s1. The van der Waals surface area contributed by atoms with Crippen LogP contribution >= 0.6 is 12.4 Å². The quantitative estimate of drug-likeness (QED) is 0.819. The highest BCUT2D eigenvalue weighted by atomic mass is 35.5. The lowest BCUT2D eigenvalue weighted by molar-refractivity contribution is -0.120. The first-order valence-electron chi connectivity index (χ1n) is 8.44. The summed E-state index contributed by atoms with van der Waals surface area (Å²) in [5, 5.41) is 6.41. The Bertz CT molecular complexity index is 660. The van der Waals surface area contributed by atoms with E-state index in [1.807, 2.05) is 36.4 Å². The summed E-state index contributed by atoms with van der Waals surface area (Å²) in [5.74, 6) is 0.997. The molecule has 6 heteroatoms. The number of ether oxygens (including phenoxy) is 1. The molecule has 0 saturated carbocycles. The van der Waals surface area contributed by atoms with Gasteiger partial charge < -0.3 is 19.8 Å². The van der Waals surface area contributed by atoms with Gasteiger partial charge in [-0.15, -0.1) is 12.4 Å². The van der Waals surface area contributed by atoms with Crippen molar-refractivity contribution in [2.75, 3.05) is 11.9 Å². The zero-order valence-corrected chi connectivity index (χ0v) is 15.2. The third kappa shape index (κ3) is 5.88. The summed E-state index contributed by atoms with van der Waals surface area (Å²) in [6.07, 6.45) is 3.41. The van der Waals surface area contributed by atoms with E-state index >= 15 is 0 Å². The minimum atomic E-state index is 0. The van der Waals surface area contributed by atoms with Gasteiger partial charge in [0.1, 0.15) is 12.4 Å². The molecule has 1 fully saturated rings. The molecule has 136 valence electrons. The molecular weight excluding hydrogens is 340 g/mol. The van der Waals surface area contributed by atoms with Gasteiger partial charge >= 0.3 is 0 Å². The summed E-state index contributed by atoms with van der Waals surface area (Å²) in [6, 6.07) is 11.9. The van der Waals surface area contributed by atoms with Gasteiger partial charge in [0, 0.05) is 17.6 Å². The van der Waals surface area contributed by atoms with E-state index in [0.29, 0.717) is 19.3 Å². The number of halogens is 1. The molecule has 2 atom stereocenters. The minimum absolute atomic E-state index is 0. The Labute approximate surface area is 154 Å². The molecule has 2 heterocycles. The van der Waals surface area contributed by atoms with Crippen LogP contribution in [-0.2, 0) is 22.7 Å². The van der Waals surface area contributed by atoms with Gasteiger partial charge in [0.05, 0.1) is 12.9 Å². The van der Waals surface area contributed by atoms with E-state index < -0.39 is 0 Å². The van der Waals surface area contributed by atoms with Gasteiger partial charge in [0.2, 0.25) is 5.91 Å². The van der Waals surface area contributed by atoms with Crippen LogP contribution in [0.2, 0.25) is 0 Å². The first-order valence-corrected chi connectivity index (χ1v) is 8.44.